The van der Waals surface area contributed by atoms with Crippen LogP contribution in [0.5, 0.6) is 0 Å². The Bertz CT molecular complexity index is 482. The van der Waals surface area contributed by atoms with Crippen LogP contribution in [0.3, 0.4) is 0 Å². The van der Waals surface area contributed by atoms with Gasteiger partial charge in [0.15, 0.2) is 0 Å². The minimum absolute atomic E-state index is 0.441. The van der Waals surface area contributed by atoms with Crippen LogP contribution in [0.15, 0.2) is 35.3 Å². The molecule has 26 heavy (non-hydrogen) atoms. The zero-order valence-electron chi connectivity index (χ0n) is 18.4. The molecule has 0 spiro atoms. The fraction of sp³-hybridized carbons (Fsp3) is 0.727. The summed E-state index contributed by atoms with van der Waals surface area (Å²) in [6.07, 6.45) is 9.00. The quantitative estimate of drug-likeness (QED) is 0.550. The van der Waals surface area contributed by atoms with Gasteiger partial charge in [0.25, 0.3) is 0 Å². The molecule has 0 aromatic heterocycles. The molecular formula is C22H42N2OS. The predicted octanol–water partition coefficient (Wildman–Crippen LogP) is 5.40. The SMILES string of the molecule is C=C/C(=C\C=C(/CC)S(=O)N1CCC(N(C)C)CC1)C(C)C.CC(C)C. The molecule has 0 radical (unpaired) electrons. The molecular weight excluding hydrogens is 340 g/mol. The van der Waals surface area contributed by atoms with Crippen molar-refractivity contribution in [1.29, 1.82) is 0 Å². The lowest BCUT2D eigenvalue weighted by Crippen LogP contribution is -2.42. The summed E-state index contributed by atoms with van der Waals surface area (Å²) >= 11 is 0. The maximum Gasteiger partial charge on any atom is 0.123 e. The summed E-state index contributed by atoms with van der Waals surface area (Å²) in [5, 5.41) is 0. The zero-order chi connectivity index (χ0) is 20.3. The third-order valence-electron chi connectivity index (χ3n) is 4.33. The predicted molar refractivity (Wildman–Crippen MR) is 118 cm³/mol. The molecule has 152 valence electrons. The van der Waals surface area contributed by atoms with Crippen molar-refractivity contribution in [3.63, 3.8) is 0 Å². The molecule has 0 bridgehead atoms. The molecule has 1 saturated heterocycles. The average Bonchev–Trinajstić information content (AvgIpc) is 2.57. The van der Waals surface area contributed by atoms with Gasteiger partial charge in [-0.25, -0.2) is 8.51 Å². The van der Waals surface area contributed by atoms with E-state index in [1.807, 2.05) is 12.2 Å². The summed E-state index contributed by atoms with van der Waals surface area (Å²) in [4.78, 5) is 3.28. The van der Waals surface area contributed by atoms with E-state index in [9.17, 15) is 4.21 Å². The van der Waals surface area contributed by atoms with Gasteiger partial charge in [-0.1, -0.05) is 60.3 Å². The molecule has 0 aliphatic carbocycles. The molecule has 0 aromatic rings. The van der Waals surface area contributed by atoms with Crippen molar-refractivity contribution in [1.82, 2.24) is 9.21 Å². The lowest BCUT2D eigenvalue weighted by Gasteiger charge is -2.34. The highest BCUT2D eigenvalue weighted by Crippen LogP contribution is 2.21. The Morgan fingerprint density at radius 1 is 1.15 bits per heavy atom. The van der Waals surface area contributed by atoms with Gasteiger partial charge in [0.05, 0.1) is 0 Å². The Morgan fingerprint density at radius 3 is 2.00 bits per heavy atom. The Kier molecular flexibility index (Phi) is 13.1. The first-order valence-corrected chi connectivity index (χ1v) is 11.1. The van der Waals surface area contributed by atoms with E-state index in [2.05, 4.69) is 77.5 Å². The first-order valence-electron chi connectivity index (χ1n) is 10.00. The van der Waals surface area contributed by atoms with E-state index in [0.717, 1.165) is 43.2 Å². The first-order chi connectivity index (χ1) is 12.1. The maximum absolute atomic E-state index is 12.8. The molecule has 1 aliphatic rings. The van der Waals surface area contributed by atoms with Crippen molar-refractivity contribution < 1.29 is 4.21 Å². The van der Waals surface area contributed by atoms with Crippen LogP contribution in [-0.4, -0.2) is 46.6 Å². The van der Waals surface area contributed by atoms with Crippen molar-refractivity contribution in [2.75, 3.05) is 27.2 Å². The van der Waals surface area contributed by atoms with Crippen LogP contribution in [0.1, 0.15) is 60.8 Å². The highest BCUT2D eigenvalue weighted by Gasteiger charge is 2.25. The number of allylic oxidation sites excluding steroid dienone is 5. The monoisotopic (exact) mass is 382 g/mol. The van der Waals surface area contributed by atoms with Crippen molar-refractivity contribution in [3.8, 4) is 0 Å². The number of hydrogen-bond donors (Lipinski definition) is 0. The van der Waals surface area contributed by atoms with Gasteiger partial charge < -0.3 is 4.90 Å². The second-order valence-electron chi connectivity index (χ2n) is 8.12. The Hall–Kier alpha value is -0.710. The number of hydrogen-bond acceptors (Lipinski definition) is 2. The summed E-state index contributed by atoms with van der Waals surface area (Å²) in [6, 6.07) is 0.621. The topological polar surface area (TPSA) is 23.6 Å². The number of nitrogens with zero attached hydrogens (tertiary/aromatic N) is 2. The molecule has 1 atom stereocenters. The van der Waals surface area contributed by atoms with Crippen molar-refractivity contribution in [2.24, 2.45) is 11.8 Å². The van der Waals surface area contributed by atoms with Crippen LogP contribution in [0.4, 0.5) is 0 Å². The van der Waals surface area contributed by atoms with Gasteiger partial charge in [0.2, 0.25) is 0 Å². The van der Waals surface area contributed by atoms with E-state index in [4.69, 9.17) is 0 Å². The molecule has 1 heterocycles. The van der Waals surface area contributed by atoms with E-state index in [0.29, 0.717) is 12.0 Å². The van der Waals surface area contributed by atoms with Gasteiger partial charge in [0.1, 0.15) is 11.0 Å². The Morgan fingerprint density at radius 2 is 1.65 bits per heavy atom. The largest absolute Gasteiger partial charge is 0.306 e. The fourth-order valence-electron chi connectivity index (χ4n) is 2.68. The zero-order valence-corrected chi connectivity index (χ0v) is 19.2. The molecule has 1 fully saturated rings. The van der Waals surface area contributed by atoms with Crippen molar-refractivity contribution >= 4 is 11.0 Å². The van der Waals surface area contributed by atoms with E-state index in [-0.39, 0.29) is 0 Å². The van der Waals surface area contributed by atoms with E-state index in [1.165, 1.54) is 5.57 Å². The summed E-state index contributed by atoms with van der Waals surface area (Å²) in [5.41, 5.74) is 1.19. The summed E-state index contributed by atoms with van der Waals surface area (Å²) in [5.74, 6) is 1.27. The lowest BCUT2D eigenvalue weighted by molar-refractivity contribution is 0.200. The molecule has 1 aliphatic heterocycles. The van der Waals surface area contributed by atoms with Crippen LogP contribution in [0, 0.1) is 11.8 Å². The van der Waals surface area contributed by atoms with E-state index < -0.39 is 11.0 Å². The minimum Gasteiger partial charge on any atom is -0.306 e. The fourth-order valence-corrected chi connectivity index (χ4v) is 3.98. The second-order valence-corrected chi connectivity index (χ2v) is 9.66. The lowest BCUT2D eigenvalue weighted by atomic mass is 10.0. The molecule has 0 N–H and O–H groups in total. The number of piperidine rings is 1. The highest BCUT2D eigenvalue weighted by atomic mass is 32.2. The molecule has 4 heteroatoms. The van der Waals surface area contributed by atoms with Gasteiger partial charge in [-0.05, 0) is 56.8 Å². The van der Waals surface area contributed by atoms with Crippen LogP contribution in [-0.2, 0) is 11.0 Å². The average molecular weight is 383 g/mol. The third kappa shape index (κ3) is 9.84. The highest BCUT2D eigenvalue weighted by molar-refractivity contribution is 7.86. The number of rotatable bonds is 7. The molecule has 0 amide bonds. The van der Waals surface area contributed by atoms with Gasteiger partial charge >= 0.3 is 0 Å². The van der Waals surface area contributed by atoms with Gasteiger partial charge in [-0.15, -0.1) is 0 Å². The smallest absolute Gasteiger partial charge is 0.123 e. The Balaban J connectivity index is 0.00000141. The first kappa shape index (κ1) is 25.3. The van der Waals surface area contributed by atoms with Gasteiger partial charge in [0, 0.05) is 24.0 Å². The van der Waals surface area contributed by atoms with Crippen LogP contribution in [0.25, 0.3) is 0 Å². The standard InChI is InChI=1S/C18H32N2OS.C4H10/c1-7-16(15(3)4)9-10-18(8-2)22(21)20-13-11-17(12-14-20)19(5)6;1-4(2)3/h7,9-10,15,17H,1,8,11-14H2,2-6H3;4H,1-3H3/b16-9+,18-10+;. The Labute approximate surface area is 165 Å². The maximum atomic E-state index is 12.8. The molecule has 0 aromatic carbocycles. The molecule has 3 nitrogen and oxygen atoms in total. The van der Waals surface area contributed by atoms with Crippen LogP contribution in [0.2, 0.25) is 0 Å². The normalized spacial score (nSPS) is 18.9. The van der Waals surface area contributed by atoms with Crippen LogP contribution < -0.4 is 0 Å². The van der Waals surface area contributed by atoms with Crippen molar-refractivity contribution in [2.45, 2.75) is 66.8 Å². The molecule has 1 unspecified atom stereocenters. The van der Waals surface area contributed by atoms with E-state index >= 15 is 0 Å². The van der Waals surface area contributed by atoms with Crippen LogP contribution >= 0.6 is 0 Å². The third-order valence-corrected chi connectivity index (χ3v) is 6.03. The summed E-state index contributed by atoms with van der Waals surface area (Å²) in [7, 11) is 3.25. The van der Waals surface area contributed by atoms with Gasteiger partial charge in [-0.3, -0.25) is 0 Å². The summed E-state index contributed by atoms with van der Waals surface area (Å²) in [6.45, 7) is 18.6. The van der Waals surface area contributed by atoms with Gasteiger partial charge in [-0.2, -0.15) is 0 Å². The minimum atomic E-state index is -1.01. The second kappa shape index (κ2) is 13.5. The summed E-state index contributed by atoms with van der Waals surface area (Å²) < 4.78 is 14.9. The van der Waals surface area contributed by atoms with E-state index in [1.54, 1.807) is 0 Å². The van der Waals surface area contributed by atoms with Crippen molar-refractivity contribution in [3.05, 3.63) is 35.3 Å². The molecule has 1 rings (SSSR count). The molecule has 0 saturated carbocycles.